The van der Waals surface area contributed by atoms with Crippen LogP contribution in [-0.2, 0) is 19.0 Å². The van der Waals surface area contributed by atoms with Gasteiger partial charge in [0.1, 0.15) is 5.60 Å². The summed E-state index contributed by atoms with van der Waals surface area (Å²) in [7, 11) is -3.57. The van der Waals surface area contributed by atoms with E-state index in [2.05, 4.69) is 0 Å². The smallest absolute Gasteiger partial charge is 0.412 e. The van der Waals surface area contributed by atoms with Crippen molar-refractivity contribution in [2.75, 3.05) is 12.8 Å². The Morgan fingerprint density at radius 1 is 1.35 bits per heavy atom. The summed E-state index contributed by atoms with van der Waals surface area (Å²) >= 11 is 0. The largest absolute Gasteiger partial charge is 0.444 e. The van der Waals surface area contributed by atoms with Gasteiger partial charge in [0.15, 0.2) is 6.23 Å². The second-order valence-corrected chi connectivity index (χ2v) is 6.67. The van der Waals surface area contributed by atoms with Crippen molar-refractivity contribution in [2.24, 2.45) is 0 Å². The highest BCUT2D eigenvalue weighted by Crippen LogP contribution is 2.22. The summed E-state index contributed by atoms with van der Waals surface area (Å²) in [5, 5.41) is 0. The van der Waals surface area contributed by atoms with Gasteiger partial charge >= 0.3 is 6.09 Å². The fraction of sp³-hybridized carbons (Fsp3) is 0.900. The average molecular weight is 265 g/mol. The SMILES string of the molecule is CC(C)(C)OC(=O)N1CCCC1OS(C)(=O)=O. The zero-order valence-electron chi connectivity index (χ0n) is 10.6. The lowest BCUT2D eigenvalue weighted by Gasteiger charge is -2.27. The molecule has 17 heavy (non-hydrogen) atoms. The number of carbonyl (C=O) groups excluding carboxylic acids is 1. The number of ether oxygens (including phenoxy) is 1. The molecule has 1 atom stereocenters. The van der Waals surface area contributed by atoms with E-state index < -0.39 is 28.0 Å². The molecule has 0 aromatic rings. The first-order valence-electron chi connectivity index (χ1n) is 5.46. The zero-order chi connectivity index (χ0) is 13.3. The number of hydrogen-bond donors (Lipinski definition) is 0. The van der Waals surface area contributed by atoms with Crippen LogP contribution in [0.4, 0.5) is 4.79 Å². The molecule has 1 unspecified atom stereocenters. The van der Waals surface area contributed by atoms with Gasteiger partial charge in [0.2, 0.25) is 0 Å². The number of nitrogens with zero attached hydrogens (tertiary/aromatic N) is 1. The Hall–Kier alpha value is -0.820. The highest BCUT2D eigenvalue weighted by Gasteiger charge is 2.34. The average Bonchev–Trinajstić information content (AvgIpc) is 2.45. The first-order chi connectivity index (χ1) is 7.58. The molecule has 1 fully saturated rings. The molecule has 0 aromatic heterocycles. The van der Waals surface area contributed by atoms with Gasteiger partial charge in [0.25, 0.3) is 10.1 Å². The van der Waals surface area contributed by atoms with Gasteiger partial charge < -0.3 is 4.74 Å². The van der Waals surface area contributed by atoms with Crippen molar-refractivity contribution in [1.29, 1.82) is 0 Å². The number of amides is 1. The van der Waals surface area contributed by atoms with Crippen LogP contribution in [-0.4, -0.2) is 44.0 Å². The maximum Gasteiger partial charge on any atom is 0.412 e. The fourth-order valence-electron chi connectivity index (χ4n) is 1.57. The lowest BCUT2D eigenvalue weighted by Crippen LogP contribution is -2.41. The third-order valence-corrected chi connectivity index (χ3v) is 2.68. The van der Waals surface area contributed by atoms with E-state index >= 15 is 0 Å². The van der Waals surface area contributed by atoms with Gasteiger partial charge in [0.05, 0.1) is 6.26 Å². The Kier molecular flexibility index (Phi) is 4.03. The minimum absolute atomic E-state index is 0.453. The molecule has 6 nitrogen and oxygen atoms in total. The van der Waals surface area contributed by atoms with Gasteiger partial charge in [0, 0.05) is 6.54 Å². The van der Waals surface area contributed by atoms with Crippen molar-refractivity contribution < 1.29 is 22.1 Å². The molecular weight excluding hydrogens is 246 g/mol. The molecule has 1 amide bonds. The van der Waals surface area contributed by atoms with Crippen LogP contribution in [0, 0.1) is 0 Å². The molecule has 0 spiro atoms. The quantitative estimate of drug-likeness (QED) is 0.704. The fourth-order valence-corrected chi connectivity index (χ4v) is 2.17. The van der Waals surface area contributed by atoms with E-state index in [4.69, 9.17) is 8.92 Å². The van der Waals surface area contributed by atoms with Crippen molar-refractivity contribution >= 4 is 16.2 Å². The lowest BCUT2D eigenvalue weighted by molar-refractivity contribution is -0.00299. The lowest BCUT2D eigenvalue weighted by atomic mass is 10.2. The van der Waals surface area contributed by atoms with Gasteiger partial charge in [-0.15, -0.1) is 0 Å². The van der Waals surface area contributed by atoms with E-state index in [1.165, 1.54) is 4.90 Å². The van der Waals surface area contributed by atoms with Crippen LogP contribution < -0.4 is 0 Å². The predicted octanol–water partition coefficient (Wildman–Crippen LogP) is 1.32. The van der Waals surface area contributed by atoms with Crippen molar-refractivity contribution in [2.45, 2.75) is 45.4 Å². The number of hydrogen-bond acceptors (Lipinski definition) is 5. The Morgan fingerprint density at radius 3 is 2.41 bits per heavy atom. The van der Waals surface area contributed by atoms with Gasteiger partial charge in [-0.05, 0) is 33.6 Å². The summed E-state index contributed by atoms with van der Waals surface area (Å²) in [4.78, 5) is 13.1. The molecular formula is C10H19NO5S. The van der Waals surface area contributed by atoms with Gasteiger partial charge in [-0.3, -0.25) is 4.90 Å². The van der Waals surface area contributed by atoms with Gasteiger partial charge in [-0.1, -0.05) is 0 Å². The van der Waals surface area contributed by atoms with Crippen molar-refractivity contribution in [3.8, 4) is 0 Å². The third kappa shape index (κ3) is 4.91. The van der Waals surface area contributed by atoms with E-state index in [0.717, 1.165) is 6.26 Å². The Morgan fingerprint density at radius 2 is 1.94 bits per heavy atom. The molecule has 7 heteroatoms. The molecule has 1 saturated heterocycles. The van der Waals surface area contributed by atoms with E-state index in [-0.39, 0.29) is 0 Å². The topological polar surface area (TPSA) is 72.9 Å². The van der Waals surface area contributed by atoms with E-state index in [9.17, 15) is 13.2 Å². The maximum absolute atomic E-state index is 11.8. The minimum Gasteiger partial charge on any atom is -0.444 e. The normalized spacial score (nSPS) is 21.6. The van der Waals surface area contributed by atoms with Crippen LogP contribution in [0.2, 0.25) is 0 Å². The number of likely N-dealkylation sites (tertiary alicyclic amines) is 1. The van der Waals surface area contributed by atoms with Crippen LogP contribution in [0.1, 0.15) is 33.6 Å². The Bertz CT molecular complexity index is 384. The minimum atomic E-state index is -3.57. The summed E-state index contributed by atoms with van der Waals surface area (Å²) in [5.41, 5.74) is -0.602. The monoisotopic (exact) mass is 265 g/mol. The zero-order valence-corrected chi connectivity index (χ0v) is 11.4. The number of carbonyl (C=O) groups is 1. The molecule has 0 radical (unpaired) electrons. The molecule has 100 valence electrons. The molecule has 1 aliphatic rings. The molecule has 0 aromatic carbocycles. The summed E-state index contributed by atoms with van der Waals surface area (Å²) in [6.45, 7) is 5.73. The molecule has 0 bridgehead atoms. The standard InChI is InChI=1S/C10H19NO5S/c1-10(2,3)15-9(12)11-7-5-6-8(11)16-17(4,13)14/h8H,5-7H2,1-4H3. The second kappa shape index (κ2) is 4.81. The van der Waals surface area contributed by atoms with Crippen molar-refractivity contribution in [1.82, 2.24) is 4.90 Å². The van der Waals surface area contributed by atoms with Crippen LogP contribution in [0.25, 0.3) is 0 Å². The van der Waals surface area contributed by atoms with E-state index in [1.54, 1.807) is 20.8 Å². The second-order valence-electron chi connectivity index (χ2n) is 5.07. The summed E-state index contributed by atoms with van der Waals surface area (Å²) in [6.07, 6.45) is 0.910. The first kappa shape index (κ1) is 14.2. The highest BCUT2D eigenvalue weighted by atomic mass is 32.2. The summed E-state index contributed by atoms with van der Waals surface area (Å²) in [6, 6.07) is 0. The Balaban J connectivity index is 2.66. The predicted molar refractivity (Wildman–Crippen MR) is 61.9 cm³/mol. The maximum atomic E-state index is 11.8. The van der Waals surface area contributed by atoms with Crippen LogP contribution in [0.3, 0.4) is 0 Å². The highest BCUT2D eigenvalue weighted by molar-refractivity contribution is 7.86. The number of rotatable bonds is 2. The summed E-state index contributed by atoms with van der Waals surface area (Å²) < 4.78 is 32.1. The molecule has 1 aliphatic heterocycles. The van der Waals surface area contributed by atoms with Gasteiger partial charge in [-0.2, -0.15) is 8.42 Å². The molecule has 0 aliphatic carbocycles. The summed E-state index contributed by atoms with van der Waals surface area (Å²) in [5.74, 6) is 0. The third-order valence-electron chi connectivity index (χ3n) is 2.11. The van der Waals surface area contributed by atoms with Crippen molar-refractivity contribution in [3.63, 3.8) is 0 Å². The first-order valence-corrected chi connectivity index (χ1v) is 7.28. The molecule has 1 heterocycles. The van der Waals surface area contributed by atoms with Crippen LogP contribution in [0.5, 0.6) is 0 Å². The van der Waals surface area contributed by atoms with Crippen LogP contribution >= 0.6 is 0 Å². The molecule has 0 saturated carbocycles. The van der Waals surface area contributed by atoms with E-state index in [1.807, 2.05) is 0 Å². The van der Waals surface area contributed by atoms with Gasteiger partial charge in [-0.25, -0.2) is 8.98 Å². The molecule has 0 N–H and O–H groups in total. The molecule has 1 rings (SSSR count). The van der Waals surface area contributed by atoms with E-state index in [0.29, 0.717) is 19.4 Å². The van der Waals surface area contributed by atoms with Crippen molar-refractivity contribution in [3.05, 3.63) is 0 Å². The van der Waals surface area contributed by atoms with Crippen LogP contribution in [0.15, 0.2) is 0 Å². The Labute approximate surface area is 102 Å².